The summed E-state index contributed by atoms with van der Waals surface area (Å²) in [6.45, 7) is 5.49. The van der Waals surface area contributed by atoms with E-state index in [0.29, 0.717) is 6.42 Å². The van der Waals surface area contributed by atoms with Crippen LogP contribution >= 0.6 is 7.82 Å². The van der Waals surface area contributed by atoms with Gasteiger partial charge in [-0.3, -0.25) is 18.6 Å². The second-order valence-electron chi connectivity index (χ2n) is 15.4. The number of hydrogen-bond acceptors (Lipinski definition) is 7. The van der Waals surface area contributed by atoms with Crippen LogP contribution in [0.5, 0.6) is 0 Å². The van der Waals surface area contributed by atoms with Crippen molar-refractivity contribution in [3.8, 4) is 0 Å². The lowest BCUT2D eigenvalue weighted by Gasteiger charge is -2.19. The van der Waals surface area contributed by atoms with Crippen LogP contribution < -0.4 is 0 Å². The maximum absolute atomic E-state index is 12.5. The van der Waals surface area contributed by atoms with Crippen LogP contribution in [0.15, 0.2) is 0 Å². The van der Waals surface area contributed by atoms with Crippen LogP contribution in [0.2, 0.25) is 0 Å². The molecule has 0 heterocycles. The molecule has 2 unspecified atom stereocenters. The zero-order valence-corrected chi connectivity index (χ0v) is 36.1. The molecule has 0 rings (SSSR count). The van der Waals surface area contributed by atoms with Gasteiger partial charge in [0.1, 0.15) is 6.61 Å². The average molecular weight is 775 g/mol. The summed E-state index contributed by atoms with van der Waals surface area (Å²) in [4.78, 5) is 34.6. The van der Waals surface area contributed by atoms with Crippen LogP contribution in [-0.2, 0) is 32.7 Å². The minimum Gasteiger partial charge on any atom is -0.462 e. The smallest absolute Gasteiger partial charge is 0.462 e. The number of phosphoric acid groups is 1. The maximum atomic E-state index is 12.5. The molecule has 0 amide bonds. The first-order valence-electron chi connectivity index (χ1n) is 22.8. The number of carbonyl (C=O) groups is 2. The Morgan fingerprint density at radius 3 is 1.06 bits per heavy atom. The number of hydrogen-bond donors (Lipinski definition) is 1. The van der Waals surface area contributed by atoms with Crippen LogP contribution in [-0.4, -0.2) is 42.8 Å². The highest BCUT2D eigenvalue weighted by molar-refractivity contribution is 7.47. The Balaban J connectivity index is 3.86. The molecule has 0 bridgehead atoms. The number of esters is 2. The van der Waals surface area contributed by atoms with Crippen LogP contribution in [0.1, 0.15) is 245 Å². The minimum atomic E-state index is -4.27. The Morgan fingerprint density at radius 2 is 0.736 bits per heavy atom. The molecule has 0 radical (unpaired) electrons. The molecule has 316 valence electrons. The van der Waals surface area contributed by atoms with Crippen molar-refractivity contribution in [1.82, 2.24) is 0 Å². The highest BCUT2D eigenvalue weighted by atomic mass is 31.2. The summed E-state index contributed by atoms with van der Waals surface area (Å²) in [6, 6.07) is 0. The predicted molar refractivity (Wildman–Crippen MR) is 221 cm³/mol. The third kappa shape index (κ3) is 40.5. The first-order chi connectivity index (χ1) is 25.8. The molecular formula is C44H87O8P. The van der Waals surface area contributed by atoms with E-state index in [1.807, 2.05) is 0 Å². The van der Waals surface area contributed by atoms with E-state index in [4.69, 9.17) is 18.5 Å². The van der Waals surface area contributed by atoms with Crippen LogP contribution in [0.3, 0.4) is 0 Å². The van der Waals surface area contributed by atoms with Gasteiger partial charge < -0.3 is 14.4 Å². The number of carbonyl (C=O) groups excluding carboxylic acids is 2. The normalized spacial score (nSPS) is 13.2. The molecular weight excluding hydrogens is 687 g/mol. The molecule has 8 nitrogen and oxygen atoms in total. The van der Waals surface area contributed by atoms with E-state index < -0.39 is 19.9 Å². The van der Waals surface area contributed by atoms with Crippen molar-refractivity contribution in [2.75, 3.05) is 19.8 Å². The quantitative estimate of drug-likeness (QED) is 0.0370. The summed E-state index contributed by atoms with van der Waals surface area (Å²) in [5.41, 5.74) is 0. The van der Waals surface area contributed by atoms with E-state index in [1.54, 1.807) is 6.92 Å². The van der Waals surface area contributed by atoms with Gasteiger partial charge in [0, 0.05) is 12.8 Å². The summed E-state index contributed by atoms with van der Waals surface area (Å²) in [5, 5.41) is 0. The van der Waals surface area contributed by atoms with E-state index in [1.165, 1.54) is 173 Å². The fourth-order valence-electron chi connectivity index (χ4n) is 6.81. The third-order valence-electron chi connectivity index (χ3n) is 10.2. The summed E-state index contributed by atoms with van der Waals surface area (Å²) >= 11 is 0. The molecule has 0 fully saturated rings. The van der Waals surface area contributed by atoms with Crippen LogP contribution in [0, 0.1) is 0 Å². The van der Waals surface area contributed by atoms with E-state index in [9.17, 15) is 19.0 Å². The van der Waals surface area contributed by atoms with Crippen LogP contribution in [0.4, 0.5) is 0 Å². The topological polar surface area (TPSA) is 108 Å². The highest BCUT2D eigenvalue weighted by Gasteiger charge is 2.25. The zero-order valence-electron chi connectivity index (χ0n) is 35.2. The summed E-state index contributed by atoms with van der Waals surface area (Å²) in [5.74, 6) is -0.785. The Bertz CT molecular complexity index is 838. The van der Waals surface area contributed by atoms with Gasteiger partial charge in [-0.05, 0) is 19.8 Å². The lowest BCUT2D eigenvalue weighted by atomic mass is 10.0. The Kier molecular flexibility index (Phi) is 40.0. The fourth-order valence-corrected chi connectivity index (χ4v) is 7.56. The maximum Gasteiger partial charge on any atom is 0.472 e. The van der Waals surface area contributed by atoms with Crippen molar-refractivity contribution in [2.24, 2.45) is 0 Å². The first kappa shape index (κ1) is 52.0. The van der Waals surface area contributed by atoms with Crippen molar-refractivity contribution in [3.05, 3.63) is 0 Å². The molecule has 0 aliphatic rings. The molecule has 1 N–H and O–H groups in total. The van der Waals surface area contributed by atoms with E-state index in [-0.39, 0.29) is 32.2 Å². The van der Waals surface area contributed by atoms with Crippen molar-refractivity contribution >= 4 is 19.8 Å². The lowest BCUT2D eigenvalue weighted by molar-refractivity contribution is -0.161. The zero-order chi connectivity index (χ0) is 38.9. The molecule has 0 aromatic rings. The molecule has 0 aliphatic heterocycles. The Morgan fingerprint density at radius 1 is 0.434 bits per heavy atom. The molecule has 2 atom stereocenters. The summed E-state index contributed by atoms with van der Waals surface area (Å²) in [7, 11) is -4.27. The molecule has 0 saturated carbocycles. The van der Waals surface area contributed by atoms with Gasteiger partial charge in [-0.2, -0.15) is 0 Å². The summed E-state index contributed by atoms with van der Waals surface area (Å²) in [6.07, 6.45) is 41.8. The Hall–Kier alpha value is -0.950. The van der Waals surface area contributed by atoms with E-state index in [0.717, 1.165) is 38.5 Å². The molecule has 0 saturated heterocycles. The van der Waals surface area contributed by atoms with Gasteiger partial charge >= 0.3 is 19.8 Å². The molecule has 9 heteroatoms. The third-order valence-corrected chi connectivity index (χ3v) is 11.2. The van der Waals surface area contributed by atoms with Crippen molar-refractivity contribution in [3.63, 3.8) is 0 Å². The first-order valence-corrected chi connectivity index (χ1v) is 24.3. The van der Waals surface area contributed by atoms with E-state index in [2.05, 4.69) is 13.8 Å². The van der Waals surface area contributed by atoms with Gasteiger partial charge in [-0.25, -0.2) is 4.57 Å². The average Bonchev–Trinajstić information content (AvgIpc) is 3.13. The fraction of sp³-hybridized carbons (Fsp3) is 0.955. The summed E-state index contributed by atoms with van der Waals surface area (Å²) < 4.78 is 32.6. The Labute approximate surface area is 328 Å². The van der Waals surface area contributed by atoms with Crippen molar-refractivity contribution < 1.29 is 37.6 Å². The van der Waals surface area contributed by atoms with Gasteiger partial charge in [0.05, 0.1) is 13.2 Å². The van der Waals surface area contributed by atoms with Crippen LogP contribution in [0.25, 0.3) is 0 Å². The highest BCUT2D eigenvalue weighted by Crippen LogP contribution is 2.43. The largest absolute Gasteiger partial charge is 0.472 e. The second-order valence-corrected chi connectivity index (χ2v) is 16.9. The van der Waals surface area contributed by atoms with Gasteiger partial charge in [0.2, 0.25) is 0 Å². The van der Waals surface area contributed by atoms with Gasteiger partial charge in [0.15, 0.2) is 6.10 Å². The number of ether oxygens (including phenoxy) is 2. The standard InChI is InChI=1S/C44H87O8P/c1-4-7-9-11-13-15-16-17-18-19-20-21-22-23-24-25-26-27-28-29-31-33-35-37-39-44(46)52-42(41-51-53(47,48)50-6-3)40-49-43(45)38-36-34-32-30-14-12-10-8-5-2/h42H,4-41H2,1-3H3,(H,47,48). The monoisotopic (exact) mass is 775 g/mol. The molecule has 0 spiro atoms. The number of phosphoric ester groups is 1. The second kappa shape index (κ2) is 40.7. The number of rotatable bonds is 43. The van der Waals surface area contributed by atoms with Gasteiger partial charge in [-0.1, -0.05) is 213 Å². The van der Waals surface area contributed by atoms with Gasteiger partial charge in [-0.15, -0.1) is 0 Å². The predicted octanol–water partition coefficient (Wildman–Crippen LogP) is 14.3. The lowest BCUT2D eigenvalue weighted by Crippen LogP contribution is -2.29. The molecule has 0 aliphatic carbocycles. The van der Waals surface area contributed by atoms with Crippen molar-refractivity contribution in [2.45, 2.75) is 252 Å². The molecule has 0 aromatic heterocycles. The molecule has 0 aromatic carbocycles. The SMILES string of the molecule is CCCCCCCCCCCCCCCCCCCCCCCCCCC(=O)OC(COC(=O)CCCCCCCCCCC)COP(=O)(O)OCC. The molecule has 53 heavy (non-hydrogen) atoms. The minimum absolute atomic E-state index is 0.00548. The van der Waals surface area contributed by atoms with Crippen molar-refractivity contribution in [1.29, 1.82) is 0 Å². The number of unbranched alkanes of at least 4 members (excludes halogenated alkanes) is 31. The van der Waals surface area contributed by atoms with E-state index >= 15 is 0 Å². The van der Waals surface area contributed by atoms with Gasteiger partial charge in [0.25, 0.3) is 0 Å².